The van der Waals surface area contributed by atoms with Gasteiger partial charge >= 0.3 is 0 Å². The molecule has 0 radical (unpaired) electrons. The Morgan fingerprint density at radius 2 is 2.21 bits per heavy atom. The average Bonchev–Trinajstić information content (AvgIpc) is 2.98. The first-order chi connectivity index (χ1) is 9.16. The number of hydrogen-bond acceptors (Lipinski definition) is 3. The molecule has 2 aliphatic heterocycles. The molecule has 100 valence electrons. The summed E-state index contributed by atoms with van der Waals surface area (Å²) in [6.45, 7) is 1.35. The van der Waals surface area contributed by atoms with Gasteiger partial charge in [0, 0.05) is 17.6 Å². The fourth-order valence-corrected chi connectivity index (χ4v) is 3.00. The van der Waals surface area contributed by atoms with E-state index in [1.165, 1.54) is 0 Å². The van der Waals surface area contributed by atoms with Crippen LogP contribution in [-0.2, 0) is 9.53 Å². The summed E-state index contributed by atoms with van der Waals surface area (Å²) >= 11 is 3.32. The number of Topliss-reactive ketones (excluding diaryl/α,β-unsaturated/α-hetero) is 1. The monoisotopic (exact) mass is 323 g/mol. The van der Waals surface area contributed by atoms with Crippen LogP contribution >= 0.6 is 15.9 Å². The Hall–Kier alpha value is -1.20. The number of anilines is 1. The summed E-state index contributed by atoms with van der Waals surface area (Å²) in [5, 5.41) is 0. The van der Waals surface area contributed by atoms with Gasteiger partial charge in [-0.1, -0.05) is 15.9 Å². The first-order valence-corrected chi connectivity index (χ1v) is 7.23. The summed E-state index contributed by atoms with van der Waals surface area (Å²) in [4.78, 5) is 25.5. The minimum atomic E-state index is -0.425. The maximum Gasteiger partial charge on any atom is 0.299 e. The number of halogens is 1. The van der Waals surface area contributed by atoms with Crippen LogP contribution in [0.5, 0.6) is 0 Å². The Morgan fingerprint density at radius 1 is 1.37 bits per heavy atom. The highest BCUT2D eigenvalue weighted by Gasteiger charge is 2.36. The van der Waals surface area contributed by atoms with Crippen LogP contribution in [0.1, 0.15) is 29.6 Å². The predicted molar refractivity (Wildman–Crippen MR) is 74.4 cm³/mol. The number of amides is 1. The standard InChI is InChI=1S/C14H14BrNO3/c15-9-3-4-12-11(8-9)13(17)14(18)16(12)6-5-10-2-1-7-19-10/h3-4,8,10H,1-2,5-7H2. The smallest absolute Gasteiger partial charge is 0.299 e. The second-order valence-electron chi connectivity index (χ2n) is 4.87. The number of rotatable bonds is 3. The maximum absolute atomic E-state index is 12.0. The topological polar surface area (TPSA) is 46.6 Å². The van der Waals surface area contributed by atoms with Crippen LogP contribution in [0.25, 0.3) is 0 Å². The van der Waals surface area contributed by atoms with Gasteiger partial charge < -0.3 is 9.64 Å². The minimum absolute atomic E-state index is 0.224. The van der Waals surface area contributed by atoms with E-state index in [1.54, 1.807) is 11.0 Å². The molecule has 0 bridgehead atoms. The third-order valence-corrected chi connectivity index (χ3v) is 4.13. The number of carbonyl (C=O) groups is 2. The van der Waals surface area contributed by atoms with Gasteiger partial charge in [-0.15, -0.1) is 0 Å². The van der Waals surface area contributed by atoms with Gasteiger partial charge in [-0.3, -0.25) is 9.59 Å². The van der Waals surface area contributed by atoms with Crippen LogP contribution in [0.2, 0.25) is 0 Å². The molecular weight excluding hydrogens is 310 g/mol. The number of ether oxygens (including phenoxy) is 1. The van der Waals surface area contributed by atoms with Crippen LogP contribution in [0, 0.1) is 0 Å². The van der Waals surface area contributed by atoms with E-state index in [4.69, 9.17) is 4.74 Å². The van der Waals surface area contributed by atoms with Crippen molar-refractivity contribution in [3.63, 3.8) is 0 Å². The van der Waals surface area contributed by atoms with E-state index >= 15 is 0 Å². The number of hydrogen-bond donors (Lipinski definition) is 0. The molecule has 0 N–H and O–H groups in total. The number of carbonyl (C=O) groups excluding carboxylic acids is 2. The minimum Gasteiger partial charge on any atom is -0.378 e. The first-order valence-electron chi connectivity index (χ1n) is 6.44. The summed E-state index contributed by atoms with van der Waals surface area (Å²) in [6, 6.07) is 5.38. The molecule has 1 unspecified atom stereocenters. The van der Waals surface area contributed by atoms with Crippen molar-refractivity contribution in [2.45, 2.75) is 25.4 Å². The van der Waals surface area contributed by atoms with Crippen molar-refractivity contribution in [1.82, 2.24) is 0 Å². The average molecular weight is 324 g/mol. The highest BCUT2D eigenvalue weighted by Crippen LogP contribution is 2.32. The summed E-state index contributed by atoms with van der Waals surface area (Å²) in [5.41, 5.74) is 1.21. The number of nitrogens with zero attached hydrogens (tertiary/aromatic N) is 1. The molecule has 1 saturated heterocycles. The third kappa shape index (κ3) is 2.32. The van der Waals surface area contributed by atoms with E-state index in [-0.39, 0.29) is 6.10 Å². The molecule has 4 nitrogen and oxygen atoms in total. The largest absolute Gasteiger partial charge is 0.378 e. The number of benzene rings is 1. The fraction of sp³-hybridized carbons (Fsp3) is 0.429. The molecule has 0 aromatic heterocycles. The van der Waals surface area contributed by atoms with Gasteiger partial charge in [0.05, 0.1) is 17.4 Å². The molecule has 1 amide bonds. The lowest BCUT2D eigenvalue weighted by Gasteiger charge is -2.18. The van der Waals surface area contributed by atoms with Crippen molar-refractivity contribution in [3.8, 4) is 0 Å². The summed E-state index contributed by atoms with van der Waals surface area (Å²) in [7, 11) is 0. The van der Waals surface area contributed by atoms with Gasteiger partial charge in [-0.25, -0.2) is 0 Å². The van der Waals surface area contributed by atoms with Gasteiger partial charge in [-0.05, 0) is 37.5 Å². The Bertz CT molecular complexity index is 537. The van der Waals surface area contributed by atoms with Crippen molar-refractivity contribution in [3.05, 3.63) is 28.2 Å². The maximum atomic E-state index is 12.0. The lowest BCUT2D eigenvalue weighted by molar-refractivity contribution is -0.114. The Kier molecular flexibility index (Phi) is 3.41. The van der Waals surface area contributed by atoms with Crippen LogP contribution in [0.15, 0.2) is 22.7 Å². The molecule has 0 saturated carbocycles. The van der Waals surface area contributed by atoms with E-state index in [0.29, 0.717) is 12.1 Å². The summed E-state index contributed by atoms with van der Waals surface area (Å²) in [6.07, 6.45) is 3.14. The zero-order valence-corrected chi connectivity index (χ0v) is 12.0. The molecule has 3 rings (SSSR count). The molecule has 1 fully saturated rings. The quantitative estimate of drug-likeness (QED) is 0.803. The molecule has 2 heterocycles. The molecule has 5 heteroatoms. The van der Waals surface area contributed by atoms with E-state index in [1.807, 2.05) is 12.1 Å². The van der Waals surface area contributed by atoms with Gasteiger partial charge in [0.25, 0.3) is 11.7 Å². The fourth-order valence-electron chi connectivity index (χ4n) is 2.64. The molecule has 19 heavy (non-hydrogen) atoms. The molecular formula is C14H14BrNO3. The van der Waals surface area contributed by atoms with E-state index in [2.05, 4.69) is 15.9 Å². The van der Waals surface area contributed by atoms with E-state index in [0.717, 1.165) is 36.0 Å². The lowest BCUT2D eigenvalue weighted by atomic mass is 10.1. The van der Waals surface area contributed by atoms with Crippen molar-refractivity contribution < 1.29 is 14.3 Å². The van der Waals surface area contributed by atoms with Gasteiger partial charge in [-0.2, -0.15) is 0 Å². The Labute approximate surface area is 119 Å². The third-order valence-electron chi connectivity index (χ3n) is 3.63. The van der Waals surface area contributed by atoms with Crippen molar-refractivity contribution in [1.29, 1.82) is 0 Å². The zero-order valence-electron chi connectivity index (χ0n) is 10.4. The molecule has 2 aliphatic rings. The van der Waals surface area contributed by atoms with E-state index in [9.17, 15) is 9.59 Å². The molecule has 1 aromatic carbocycles. The van der Waals surface area contributed by atoms with Gasteiger partial charge in [0.1, 0.15) is 0 Å². The second-order valence-corrected chi connectivity index (χ2v) is 5.79. The second kappa shape index (κ2) is 5.06. The lowest BCUT2D eigenvalue weighted by Crippen LogP contribution is -2.32. The van der Waals surface area contributed by atoms with Crippen LogP contribution in [-0.4, -0.2) is 30.9 Å². The van der Waals surface area contributed by atoms with Gasteiger partial charge in [0.2, 0.25) is 0 Å². The van der Waals surface area contributed by atoms with E-state index < -0.39 is 11.7 Å². The van der Waals surface area contributed by atoms with Crippen molar-refractivity contribution in [2.75, 3.05) is 18.1 Å². The van der Waals surface area contributed by atoms with Crippen molar-refractivity contribution in [2.24, 2.45) is 0 Å². The normalized spacial score (nSPS) is 22.2. The van der Waals surface area contributed by atoms with Crippen LogP contribution < -0.4 is 4.90 Å². The highest BCUT2D eigenvalue weighted by molar-refractivity contribution is 9.10. The highest BCUT2D eigenvalue weighted by atomic mass is 79.9. The Balaban J connectivity index is 1.78. The molecule has 0 aliphatic carbocycles. The molecule has 0 spiro atoms. The molecule has 1 atom stereocenters. The van der Waals surface area contributed by atoms with Gasteiger partial charge in [0.15, 0.2) is 0 Å². The summed E-state index contributed by atoms with van der Waals surface area (Å²) < 4.78 is 6.36. The van der Waals surface area contributed by atoms with Crippen LogP contribution in [0.4, 0.5) is 5.69 Å². The number of fused-ring (bicyclic) bond motifs is 1. The zero-order chi connectivity index (χ0) is 13.4. The number of ketones is 1. The first kappa shape index (κ1) is 12.8. The summed E-state index contributed by atoms with van der Waals surface area (Å²) in [5.74, 6) is -0.838. The van der Waals surface area contributed by atoms with Crippen molar-refractivity contribution >= 4 is 33.3 Å². The Morgan fingerprint density at radius 3 is 2.95 bits per heavy atom. The molecule has 1 aromatic rings. The van der Waals surface area contributed by atoms with Crippen LogP contribution in [0.3, 0.4) is 0 Å². The SMILES string of the molecule is O=C1C(=O)N(CCC2CCCO2)c2ccc(Br)cc21. The predicted octanol–water partition coefficient (Wildman–Crippen LogP) is 2.55.